The van der Waals surface area contributed by atoms with E-state index in [9.17, 15) is 5.11 Å². The number of fused-ring (bicyclic) bond motifs is 1. The first-order valence-electron chi connectivity index (χ1n) is 6.43. The number of aliphatic hydroxyl groups is 1. The Balaban J connectivity index is 1.97. The Morgan fingerprint density at radius 3 is 3.11 bits per heavy atom. The summed E-state index contributed by atoms with van der Waals surface area (Å²) in [4.78, 5) is 4.47. The molecule has 2 aromatic rings. The van der Waals surface area contributed by atoms with Gasteiger partial charge in [-0.25, -0.2) is 0 Å². The molecule has 94 valence electrons. The number of pyridine rings is 1. The third kappa shape index (κ3) is 1.85. The number of nitrogens with zero attached hydrogens (tertiary/aromatic N) is 1. The fraction of sp³-hybridized carbons (Fsp3) is 0.400. The molecule has 0 saturated heterocycles. The predicted octanol–water partition coefficient (Wildman–Crippen LogP) is 3.14. The van der Waals surface area contributed by atoms with Crippen molar-refractivity contribution in [2.24, 2.45) is 0 Å². The van der Waals surface area contributed by atoms with Crippen LogP contribution in [-0.2, 0) is 6.42 Å². The first-order chi connectivity index (χ1) is 8.77. The van der Waals surface area contributed by atoms with Crippen LogP contribution < -0.4 is 0 Å². The van der Waals surface area contributed by atoms with Gasteiger partial charge in [-0.05, 0) is 43.9 Å². The number of aromatic nitrogens is 1. The van der Waals surface area contributed by atoms with Gasteiger partial charge >= 0.3 is 0 Å². The number of hydrogen-bond acceptors (Lipinski definition) is 3. The minimum atomic E-state index is -0.516. The molecule has 0 spiro atoms. The van der Waals surface area contributed by atoms with Crippen molar-refractivity contribution < 1.29 is 9.52 Å². The van der Waals surface area contributed by atoms with Gasteiger partial charge < -0.3 is 9.52 Å². The third-order valence-corrected chi connectivity index (χ3v) is 3.84. The Kier molecular flexibility index (Phi) is 2.92. The van der Waals surface area contributed by atoms with Crippen LogP contribution in [0.15, 0.2) is 35.1 Å². The summed E-state index contributed by atoms with van der Waals surface area (Å²) in [5.74, 6) is 0.886. The van der Waals surface area contributed by atoms with E-state index >= 15 is 0 Å². The maximum atomic E-state index is 10.6. The Morgan fingerprint density at radius 1 is 1.44 bits per heavy atom. The minimum Gasteiger partial charge on any atom is -0.469 e. The maximum absolute atomic E-state index is 10.6. The summed E-state index contributed by atoms with van der Waals surface area (Å²) in [6, 6.07) is 5.94. The lowest BCUT2D eigenvalue weighted by Gasteiger charge is -2.28. The van der Waals surface area contributed by atoms with Gasteiger partial charge in [-0.1, -0.05) is 6.07 Å². The Hall–Kier alpha value is -1.61. The van der Waals surface area contributed by atoms with E-state index in [2.05, 4.69) is 11.1 Å². The van der Waals surface area contributed by atoms with E-state index in [1.54, 1.807) is 6.26 Å². The summed E-state index contributed by atoms with van der Waals surface area (Å²) in [6.45, 7) is 1.89. The molecule has 1 aliphatic carbocycles. The topological polar surface area (TPSA) is 46.3 Å². The Labute approximate surface area is 106 Å². The van der Waals surface area contributed by atoms with Crippen LogP contribution in [-0.4, -0.2) is 10.1 Å². The normalized spacial score (nSPS) is 20.4. The summed E-state index contributed by atoms with van der Waals surface area (Å²) in [5, 5.41) is 10.6. The van der Waals surface area contributed by atoms with Gasteiger partial charge in [0.2, 0.25) is 0 Å². The van der Waals surface area contributed by atoms with E-state index < -0.39 is 6.10 Å². The summed E-state index contributed by atoms with van der Waals surface area (Å²) < 4.78 is 5.28. The zero-order valence-corrected chi connectivity index (χ0v) is 10.5. The summed E-state index contributed by atoms with van der Waals surface area (Å²) in [7, 11) is 0. The molecule has 0 aliphatic heterocycles. The smallest absolute Gasteiger partial charge is 0.106 e. The van der Waals surface area contributed by atoms with Crippen LogP contribution in [0.4, 0.5) is 0 Å². The average Bonchev–Trinajstić information content (AvgIpc) is 2.83. The molecular weight excluding hydrogens is 226 g/mol. The molecule has 0 radical (unpaired) electrons. The molecule has 0 aromatic carbocycles. The van der Waals surface area contributed by atoms with Crippen LogP contribution >= 0.6 is 0 Å². The first kappa shape index (κ1) is 11.5. The first-order valence-corrected chi connectivity index (χ1v) is 6.43. The van der Waals surface area contributed by atoms with Crippen LogP contribution in [0.1, 0.15) is 47.4 Å². The monoisotopic (exact) mass is 243 g/mol. The van der Waals surface area contributed by atoms with Gasteiger partial charge in [-0.2, -0.15) is 0 Å². The second-order valence-electron chi connectivity index (χ2n) is 4.92. The van der Waals surface area contributed by atoms with Gasteiger partial charge in [0.05, 0.1) is 12.4 Å². The molecule has 2 aromatic heterocycles. The standard InChI is InChI=1S/C15H17NO2/c1-10-12(7-9-18-10)15(17)13-6-2-4-11-5-3-8-16-14(11)13/h3,5,7-9,13,15,17H,2,4,6H2,1H3. The van der Waals surface area contributed by atoms with Crippen molar-refractivity contribution in [2.45, 2.75) is 38.2 Å². The summed E-state index contributed by atoms with van der Waals surface area (Å²) >= 11 is 0. The van der Waals surface area contributed by atoms with Crippen molar-refractivity contribution in [3.05, 3.63) is 53.2 Å². The highest BCUT2D eigenvalue weighted by Gasteiger charge is 2.30. The van der Waals surface area contributed by atoms with Crippen LogP contribution in [0, 0.1) is 6.92 Å². The fourth-order valence-corrected chi connectivity index (χ4v) is 2.87. The van der Waals surface area contributed by atoms with E-state index in [1.165, 1.54) is 5.56 Å². The molecule has 3 heteroatoms. The average molecular weight is 243 g/mol. The molecule has 2 atom stereocenters. The lowest BCUT2D eigenvalue weighted by Crippen LogP contribution is -2.18. The molecule has 3 rings (SSSR count). The highest BCUT2D eigenvalue weighted by molar-refractivity contribution is 5.30. The quantitative estimate of drug-likeness (QED) is 0.881. The zero-order valence-electron chi connectivity index (χ0n) is 10.5. The number of rotatable bonds is 2. The lowest BCUT2D eigenvalue weighted by atomic mass is 9.81. The largest absolute Gasteiger partial charge is 0.469 e. The van der Waals surface area contributed by atoms with Gasteiger partial charge in [0.15, 0.2) is 0 Å². The molecular formula is C15H17NO2. The van der Waals surface area contributed by atoms with Crippen molar-refractivity contribution in [2.75, 3.05) is 0 Å². The van der Waals surface area contributed by atoms with Crippen molar-refractivity contribution in [1.82, 2.24) is 4.98 Å². The molecule has 2 heterocycles. The van der Waals surface area contributed by atoms with Crippen LogP contribution in [0.3, 0.4) is 0 Å². The molecule has 0 saturated carbocycles. The van der Waals surface area contributed by atoms with E-state index in [0.717, 1.165) is 36.3 Å². The SMILES string of the molecule is Cc1occc1C(O)C1CCCc2cccnc21. The van der Waals surface area contributed by atoms with E-state index in [4.69, 9.17) is 4.42 Å². The molecule has 18 heavy (non-hydrogen) atoms. The Morgan fingerprint density at radius 2 is 2.33 bits per heavy atom. The number of aryl methyl sites for hydroxylation is 2. The van der Waals surface area contributed by atoms with Gasteiger partial charge in [0.25, 0.3) is 0 Å². The van der Waals surface area contributed by atoms with Crippen molar-refractivity contribution >= 4 is 0 Å². The second-order valence-corrected chi connectivity index (χ2v) is 4.92. The highest BCUT2D eigenvalue weighted by Crippen LogP contribution is 2.40. The van der Waals surface area contributed by atoms with Crippen LogP contribution in [0.25, 0.3) is 0 Å². The van der Waals surface area contributed by atoms with E-state index in [-0.39, 0.29) is 5.92 Å². The minimum absolute atomic E-state index is 0.0891. The number of aliphatic hydroxyl groups excluding tert-OH is 1. The molecule has 1 N–H and O–H groups in total. The predicted molar refractivity (Wildman–Crippen MR) is 68.3 cm³/mol. The molecule has 2 unspecified atom stereocenters. The van der Waals surface area contributed by atoms with E-state index in [1.807, 2.05) is 25.3 Å². The van der Waals surface area contributed by atoms with Crippen molar-refractivity contribution in [3.63, 3.8) is 0 Å². The van der Waals surface area contributed by atoms with Gasteiger partial charge in [-0.3, -0.25) is 4.98 Å². The molecule has 1 aliphatic rings. The molecule has 0 fully saturated rings. The molecule has 0 amide bonds. The van der Waals surface area contributed by atoms with Crippen molar-refractivity contribution in [3.8, 4) is 0 Å². The zero-order chi connectivity index (χ0) is 12.5. The summed E-state index contributed by atoms with van der Waals surface area (Å²) in [5.41, 5.74) is 3.21. The van der Waals surface area contributed by atoms with Gasteiger partial charge in [-0.15, -0.1) is 0 Å². The number of hydrogen-bond donors (Lipinski definition) is 1. The summed E-state index contributed by atoms with van der Waals surface area (Å²) in [6.07, 6.45) is 6.09. The van der Waals surface area contributed by atoms with E-state index in [0.29, 0.717) is 0 Å². The second kappa shape index (κ2) is 4.58. The van der Waals surface area contributed by atoms with Crippen LogP contribution in [0.5, 0.6) is 0 Å². The molecule has 0 bridgehead atoms. The van der Waals surface area contributed by atoms with Gasteiger partial charge in [0, 0.05) is 23.4 Å². The van der Waals surface area contributed by atoms with Gasteiger partial charge in [0.1, 0.15) is 5.76 Å². The number of furan rings is 1. The Bertz CT molecular complexity index is 547. The van der Waals surface area contributed by atoms with Crippen LogP contribution in [0.2, 0.25) is 0 Å². The molecule has 3 nitrogen and oxygen atoms in total. The highest BCUT2D eigenvalue weighted by atomic mass is 16.3. The fourth-order valence-electron chi connectivity index (χ4n) is 2.87. The third-order valence-electron chi connectivity index (χ3n) is 3.84. The lowest BCUT2D eigenvalue weighted by molar-refractivity contribution is 0.132. The van der Waals surface area contributed by atoms with Crippen molar-refractivity contribution in [1.29, 1.82) is 0 Å². The maximum Gasteiger partial charge on any atom is 0.106 e.